The third-order valence-corrected chi connectivity index (χ3v) is 3.51. The molecule has 0 amide bonds. The van der Waals surface area contributed by atoms with Crippen molar-refractivity contribution in [3.63, 3.8) is 0 Å². The molecule has 1 aromatic rings. The van der Waals surface area contributed by atoms with E-state index in [1.807, 2.05) is 19.1 Å². The molecule has 1 aliphatic rings. The molecule has 94 valence electrons. The third-order valence-electron chi connectivity index (χ3n) is 3.51. The Kier molecular flexibility index (Phi) is 3.89. The quantitative estimate of drug-likeness (QED) is 0.844. The minimum absolute atomic E-state index is 0.365. The highest BCUT2D eigenvalue weighted by Crippen LogP contribution is 2.30. The number of rotatable bonds is 3. The second-order valence-corrected chi connectivity index (χ2v) is 4.87. The van der Waals surface area contributed by atoms with E-state index < -0.39 is 0 Å². The van der Waals surface area contributed by atoms with Crippen molar-refractivity contribution in [3.8, 4) is 11.5 Å². The number of nitrogens with one attached hydrogen (secondary N) is 1. The Labute approximate surface area is 103 Å². The first-order chi connectivity index (χ1) is 8.20. The number of hydrogen-bond acceptors (Lipinski definition) is 3. The van der Waals surface area contributed by atoms with E-state index in [2.05, 4.69) is 5.32 Å². The average Bonchev–Trinajstić information content (AvgIpc) is 2.35. The van der Waals surface area contributed by atoms with Gasteiger partial charge in [-0.2, -0.15) is 0 Å². The van der Waals surface area contributed by atoms with E-state index >= 15 is 0 Å². The van der Waals surface area contributed by atoms with Gasteiger partial charge in [-0.25, -0.2) is 0 Å². The van der Waals surface area contributed by atoms with Crippen molar-refractivity contribution in [1.29, 1.82) is 0 Å². The lowest BCUT2D eigenvalue weighted by Gasteiger charge is -2.23. The molecule has 3 nitrogen and oxygen atoms in total. The summed E-state index contributed by atoms with van der Waals surface area (Å²) in [6, 6.07) is 3.77. The molecule has 3 heteroatoms. The van der Waals surface area contributed by atoms with Gasteiger partial charge in [0, 0.05) is 0 Å². The maximum absolute atomic E-state index is 9.78. The summed E-state index contributed by atoms with van der Waals surface area (Å²) >= 11 is 0. The first kappa shape index (κ1) is 12.2. The molecule has 0 spiro atoms. The molecule has 1 unspecified atom stereocenters. The third kappa shape index (κ3) is 2.91. The van der Waals surface area contributed by atoms with Gasteiger partial charge in [-0.3, -0.25) is 0 Å². The summed E-state index contributed by atoms with van der Waals surface area (Å²) in [7, 11) is 1.69. The molecule has 1 heterocycles. The number of aromatic hydroxyl groups is 1. The predicted octanol–water partition coefficient (Wildman–Crippen LogP) is 2.25. The Morgan fingerprint density at radius 1 is 1.47 bits per heavy atom. The van der Waals surface area contributed by atoms with Crippen molar-refractivity contribution in [3.05, 3.63) is 23.3 Å². The van der Waals surface area contributed by atoms with Crippen molar-refractivity contribution in [2.24, 2.45) is 5.92 Å². The maximum Gasteiger partial charge on any atom is 0.122 e. The molecule has 0 saturated carbocycles. The molecular weight excluding hydrogens is 214 g/mol. The summed E-state index contributed by atoms with van der Waals surface area (Å²) < 4.78 is 5.39. The Morgan fingerprint density at radius 2 is 2.29 bits per heavy atom. The summed E-state index contributed by atoms with van der Waals surface area (Å²) in [4.78, 5) is 0. The predicted molar refractivity (Wildman–Crippen MR) is 68.7 cm³/mol. The van der Waals surface area contributed by atoms with Gasteiger partial charge in [-0.1, -0.05) is 0 Å². The Morgan fingerprint density at radius 3 is 2.94 bits per heavy atom. The lowest BCUT2D eigenvalue weighted by molar-refractivity contribution is 0.362. The lowest BCUT2D eigenvalue weighted by atomic mass is 9.91. The number of hydrogen-bond donors (Lipinski definition) is 2. The van der Waals surface area contributed by atoms with Gasteiger partial charge < -0.3 is 15.2 Å². The van der Waals surface area contributed by atoms with Gasteiger partial charge in [-0.15, -0.1) is 0 Å². The zero-order valence-electron chi connectivity index (χ0n) is 10.6. The number of ether oxygens (including phenoxy) is 1. The second-order valence-electron chi connectivity index (χ2n) is 4.87. The van der Waals surface area contributed by atoms with Gasteiger partial charge >= 0.3 is 0 Å². The molecule has 1 aliphatic heterocycles. The van der Waals surface area contributed by atoms with Crippen LogP contribution in [0.15, 0.2) is 12.1 Å². The van der Waals surface area contributed by atoms with Gasteiger partial charge in [0.2, 0.25) is 0 Å². The molecule has 0 aromatic heterocycles. The molecule has 2 N–H and O–H groups in total. The summed E-state index contributed by atoms with van der Waals surface area (Å²) in [5, 5.41) is 13.2. The SMILES string of the molecule is COc1cc(C)c(O)cc1CC1CCCNC1. The van der Waals surface area contributed by atoms with Crippen LogP contribution in [0.25, 0.3) is 0 Å². The lowest BCUT2D eigenvalue weighted by Crippen LogP contribution is -2.30. The average molecular weight is 235 g/mol. The fraction of sp³-hybridized carbons (Fsp3) is 0.571. The van der Waals surface area contributed by atoms with Crippen LogP contribution in [0.1, 0.15) is 24.0 Å². The highest BCUT2D eigenvalue weighted by Gasteiger charge is 2.16. The van der Waals surface area contributed by atoms with E-state index in [4.69, 9.17) is 4.74 Å². The van der Waals surface area contributed by atoms with Crippen LogP contribution in [0.5, 0.6) is 11.5 Å². The molecule has 2 rings (SSSR count). The van der Waals surface area contributed by atoms with Gasteiger partial charge in [0.15, 0.2) is 0 Å². The van der Waals surface area contributed by atoms with Crippen LogP contribution in [0.4, 0.5) is 0 Å². The van der Waals surface area contributed by atoms with Crippen LogP contribution in [-0.4, -0.2) is 25.3 Å². The zero-order chi connectivity index (χ0) is 12.3. The molecule has 17 heavy (non-hydrogen) atoms. The van der Waals surface area contributed by atoms with Crippen LogP contribution < -0.4 is 10.1 Å². The van der Waals surface area contributed by atoms with E-state index in [1.54, 1.807) is 7.11 Å². The van der Waals surface area contributed by atoms with Gasteiger partial charge in [0.25, 0.3) is 0 Å². The topological polar surface area (TPSA) is 41.5 Å². The van der Waals surface area contributed by atoms with E-state index in [9.17, 15) is 5.11 Å². The number of benzene rings is 1. The fourth-order valence-corrected chi connectivity index (χ4v) is 2.47. The zero-order valence-corrected chi connectivity index (χ0v) is 10.6. The number of methoxy groups -OCH3 is 1. The highest BCUT2D eigenvalue weighted by atomic mass is 16.5. The van der Waals surface area contributed by atoms with Crippen molar-refractivity contribution < 1.29 is 9.84 Å². The second kappa shape index (κ2) is 5.41. The molecule has 1 saturated heterocycles. The van der Waals surface area contributed by atoms with E-state index in [1.165, 1.54) is 12.8 Å². The van der Waals surface area contributed by atoms with Crippen LogP contribution in [0, 0.1) is 12.8 Å². The molecule has 1 atom stereocenters. The Hall–Kier alpha value is -1.22. The highest BCUT2D eigenvalue weighted by molar-refractivity contribution is 5.45. The molecule has 1 aromatic carbocycles. The number of phenolic OH excluding ortho intramolecular Hbond substituents is 1. The van der Waals surface area contributed by atoms with Crippen LogP contribution in [0.2, 0.25) is 0 Å². The normalized spacial score (nSPS) is 20.2. The van der Waals surface area contributed by atoms with Gasteiger partial charge in [-0.05, 0) is 68.5 Å². The smallest absolute Gasteiger partial charge is 0.122 e. The van der Waals surface area contributed by atoms with Crippen molar-refractivity contribution in [2.45, 2.75) is 26.2 Å². The van der Waals surface area contributed by atoms with E-state index in [0.717, 1.165) is 36.4 Å². The van der Waals surface area contributed by atoms with Gasteiger partial charge in [0.1, 0.15) is 11.5 Å². The first-order valence-corrected chi connectivity index (χ1v) is 6.28. The van der Waals surface area contributed by atoms with Crippen molar-refractivity contribution in [2.75, 3.05) is 20.2 Å². The fourth-order valence-electron chi connectivity index (χ4n) is 2.47. The van der Waals surface area contributed by atoms with Crippen LogP contribution in [0.3, 0.4) is 0 Å². The summed E-state index contributed by atoms with van der Waals surface area (Å²) in [5.74, 6) is 1.91. The minimum Gasteiger partial charge on any atom is -0.508 e. The number of aryl methyl sites for hydroxylation is 1. The van der Waals surface area contributed by atoms with E-state index in [-0.39, 0.29) is 0 Å². The Bertz CT molecular complexity index is 384. The Balaban J connectivity index is 2.15. The number of piperidine rings is 1. The standard InChI is InChI=1S/C14H21NO2/c1-10-6-14(17-2)12(8-13(10)16)7-11-4-3-5-15-9-11/h6,8,11,15-16H,3-5,7,9H2,1-2H3. The summed E-state index contributed by atoms with van der Waals surface area (Å²) in [6.45, 7) is 4.09. The van der Waals surface area contributed by atoms with Crippen LogP contribution >= 0.6 is 0 Å². The summed E-state index contributed by atoms with van der Waals surface area (Å²) in [5.41, 5.74) is 1.98. The maximum atomic E-state index is 9.78. The first-order valence-electron chi connectivity index (χ1n) is 6.28. The van der Waals surface area contributed by atoms with Gasteiger partial charge in [0.05, 0.1) is 7.11 Å². The summed E-state index contributed by atoms with van der Waals surface area (Å²) in [6.07, 6.45) is 3.47. The largest absolute Gasteiger partial charge is 0.508 e. The minimum atomic E-state index is 0.365. The molecule has 0 bridgehead atoms. The number of phenols is 1. The molecular formula is C14H21NO2. The monoisotopic (exact) mass is 235 g/mol. The van der Waals surface area contributed by atoms with Crippen molar-refractivity contribution >= 4 is 0 Å². The molecule has 1 fully saturated rings. The molecule has 0 aliphatic carbocycles. The van der Waals surface area contributed by atoms with Crippen molar-refractivity contribution in [1.82, 2.24) is 5.32 Å². The molecule has 0 radical (unpaired) electrons. The van der Waals surface area contributed by atoms with Crippen LogP contribution in [-0.2, 0) is 6.42 Å². The van der Waals surface area contributed by atoms with E-state index in [0.29, 0.717) is 11.7 Å².